The molecule has 0 aliphatic carbocycles. The van der Waals surface area contributed by atoms with Crippen molar-refractivity contribution in [2.75, 3.05) is 6.61 Å². The van der Waals surface area contributed by atoms with E-state index in [0.717, 1.165) is 12.1 Å². The number of carbonyl (C=O) groups is 2. The van der Waals surface area contributed by atoms with Crippen molar-refractivity contribution in [1.29, 1.82) is 0 Å². The number of aliphatic carboxylic acids is 1. The number of carbonyl (C=O) groups excluding carboxylic acids is 1. The molecule has 9 heteroatoms. The van der Waals surface area contributed by atoms with Crippen LogP contribution in [0.25, 0.3) is 11.3 Å². The van der Waals surface area contributed by atoms with Crippen LogP contribution in [0.5, 0.6) is 17.2 Å². The highest BCUT2D eigenvalue weighted by molar-refractivity contribution is 6.32. The van der Waals surface area contributed by atoms with Gasteiger partial charge in [0.15, 0.2) is 5.78 Å². The standard InChI is InChI=1S/C29H20ClF2NO5/c30-23-14-22-20(29(35)36)10-11-37-27(22)15-28(23)38-19-7-4-16(5-8-19)26(34)13-18-2-1-3-25(33-18)21-9-6-17(31)12-24(21)32/h1-9,12,14-15,20H,10-11,13H2,(H,35,36). The van der Waals surface area contributed by atoms with Crippen LogP contribution in [-0.2, 0) is 11.2 Å². The molecule has 1 aliphatic heterocycles. The number of carboxylic acid groups (broad SMARTS) is 1. The van der Waals surface area contributed by atoms with E-state index in [1.165, 1.54) is 6.07 Å². The molecule has 5 rings (SSSR count). The summed E-state index contributed by atoms with van der Waals surface area (Å²) < 4.78 is 38.8. The van der Waals surface area contributed by atoms with Crippen LogP contribution in [0.3, 0.4) is 0 Å². The molecule has 0 saturated heterocycles. The monoisotopic (exact) mass is 535 g/mol. The van der Waals surface area contributed by atoms with E-state index in [-0.39, 0.29) is 29.4 Å². The summed E-state index contributed by atoms with van der Waals surface area (Å²) in [6, 6.07) is 17.7. The molecule has 1 aromatic heterocycles. The molecule has 0 amide bonds. The third-order valence-corrected chi connectivity index (χ3v) is 6.46. The summed E-state index contributed by atoms with van der Waals surface area (Å²) in [6.07, 6.45) is 0.340. The number of carboxylic acids is 1. The molecule has 1 atom stereocenters. The lowest BCUT2D eigenvalue weighted by Gasteiger charge is -2.24. The number of aromatic nitrogens is 1. The summed E-state index contributed by atoms with van der Waals surface area (Å²) >= 11 is 6.35. The van der Waals surface area contributed by atoms with Gasteiger partial charge in [0.25, 0.3) is 0 Å². The molecule has 0 fully saturated rings. The SMILES string of the molecule is O=C(Cc1cccc(-c2ccc(F)cc2F)n1)c1ccc(Oc2cc3c(cc2Cl)C(C(=O)O)CCO3)cc1. The fraction of sp³-hybridized carbons (Fsp3) is 0.138. The van der Waals surface area contributed by atoms with Crippen molar-refractivity contribution in [2.45, 2.75) is 18.8 Å². The largest absolute Gasteiger partial charge is 0.493 e. The van der Waals surface area contributed by atoms with Gasteiger partial charge in [-0.2, -0.15) is 0 Å². The molecule has 4 aromatic rings. The lowest BCUT2D eigenvalue weighted by atomic mass is 9.93. The Labute approximate surface area is 221 Å². The van der Waals surface area contributed by atoms with Gasteiger partial charge < -0.3 is 14.6 Å². The zero-order chi connectivity index (χ0) is 26.8. The number of nitrogens with zero attached hydrogens (tertiary/aromatic N) is 1. The van der Waals surface area contributed by atoms with E-state index in [2.05, 4.69) is 4.98 Å². The minimum Gasteiger partial charge on any atom is -0.493 e. The van der Waals surface area contributed by atoms with Gasteiger partial charge in [-0.05, 0) is 61.0 Å². The lowest BCUT2D eigenvalue weighted by molar-refractivity contribution is -0.139. The Hall–Kier alpha value is -4.30. The highest BCUT2D eigenvalue weighted by atomic mass is 35.5. The molecule has 1 unspecified atom stereocenters. The number of Topliss-reactive ketones (excluding diaryl/α,β-unsaturated/α-hetero) is 1. The number of ketones is 1. The topological polar surface area (TPSA) is 85.7 Å². The molecule has 2 heterocycles. The number of rotatable bonds is 7. The van der Waals surface area contributed by atoms with E-state index in [4.69, 9.17) is 21.1 Å². The molecule has 1 aliphatic rings. The summed E-state index contributed by atoms with van der Waals surface area (Å²) in [5, 5.41) is 9.68. The maximum atomic E-state index is 14.1. The molecule has 0 radical (unpaired) electrons. The number of ether oxygens (including phenoxy) is 2. The van der Waals surface area contributed by atoms with Gasteiger partial charge in [0.2, 0.25) is 0 Å². The maximum absolute atomic E-state index is 14.1. The molecule has 38 heavy (non-hydrogen) atoms. The minimum atomic E-state index is -0.941. The summed E-state index contributed by atoms with van der Waals surface area (Å²) in [6.45, 7) is 0.276. The molecule has 0 spiro atoms. The molecule has 0 saturated carbocycles. The second-order valence-corrected chi connectivity index (χ2v) is 9.12. The predicted molar refractivity (Wildman–Crippen MR) is 136 cm³/mol. The lowest BCUT2D eigenvalue weighted by Crippen LogP contribution is -2.20. The van der Waals surface area contributed by atoms with Gasteiger partial charge >= 0.3 is 5.97 Å². The van der Waals surface area contributed by atoms with E-state index in [1.54, 1.807) is 54.6 Å². The van der Waals surface area contributed by atoms with Gasteiger partial charge in [0.05, 0.1) is 29.7 Å². The van der Waals surface area contributed by atoms with Crippen LogP contribution in [0, 0.1) is 11.6 Å². The van der Waals surface area contributed by atoms with Gasteiger partial charge in [0.1, 0.15) is 28.9 Å². The number of hydrogen-bond acceptors (Lipinski definition) is 5. The summed E-state index contributed by atoms with van der Waals surface area (Å²) in [4.78, 5) is 28.7. The van der Waals surface area contributed by atoms with Crippen LogP contribution in [0.1, 0.15) is 34.0 Å². The average Bonchev–Trinajstić information content (AvgIpc) is 2.89. The zero-order valence-electron chi connectivity index (χ0n) is 19.8. The predicted octanol–water partition coefficient (Wildman–Crippen LogP) is 6.85. The van der Waals surface area contributed by atoms with Gasteiger partial charge in [0, 0.05) is 34.5 Å². The molecule has 1 N–H and O–H groups in total. The van der Waals surface area contributed by atoms with Crippen molar-refractivity contribution < 1.29 is 33.0 Å². The highest BCUT2D eigenvalue weighted by Crippen LogP contribution is 2.41. The zero-order valence-corrected chi connectivity index (χ0v) is 20.5. The van der Waals surface area contributed by atoms with Crippen molar-refractivity contribution in [2.24, 2.45) is 0 Å². The van der Waals surface area contributed by atoms with Crippen molar-refractivity contribution in [3.8, 4) is 28.5 Å². The van der Waals surface area contributed by atoms with E-state index in [0.29, 0.717) is 46.2 Å². The second kappa shape index (κ2) is 10.6. The number of pyridine rings is 1. The molecular weight excluding hydrogens is 516 g/mol. The average molecular weight is 536 g/mol. The quantitative estimate of drug-likeness (QED) is 0.260. The highest BCUT2D eigenvalue weighted by Gasteiger charge is 2.29. The van der Waals surface area contributed by atoms with E-state index >= 15 is 0 Å². The molecule has 192 valence electrons. The van der Waals surface area contributed by atoms with Crippen LogP contribution in [0.2, 0.25) is 5.02 Å². The first-order valence-electron chi connectivity index (χ1n) is 11.7. The Morgan fingerprint density at radius 1 is 1.05 bits per heavy atom. The number of fused-ring (bicyclic) bond motifs is 1. The Morgan fingerprint density at radius 3 is 2.58 bits per heavy atom. The number of halogens is 3. The fourth-order valence-corrected chi connectivity index (χ4v) is 4.46. The first kappa shape index (κ1) is 25.4. The maximum Gasteiger partial charge on any atom is 0.311 e. The van der Waals surface area contributed by atoms with Gasteiger partial charge in [-0.15, -0.1) is 0 Å². The Morgan fingerprint density at radius 2 is 1.84 bits per heavy atom. The van der Waals surface area contributed by atoms with Gasteiger partial charge in [-0.1, -0.05) is 17.7 Å². The third-order valence-electron chi connectivity index (χ3n) is 6.16. The van der Waals surface area contributed by atoms with Crippen LogP contribution in [-0.4, -0.2) is 28.4 Å². The smallest absolute Gasteiger partial charge is 0.311 e. The van der Waals surface area contributed by atoms with Crippen molar-refractivity contribution in [3.05, 3.63) is 106 Å². The molecule has 3 aromatic carbocycles. The summed E-state index contributed by atoms with van der Waals surface area (Å²) in [7, 11) is 0. The van der Waals surface area contributed by atoms with Crippen LogP contribution in [0.4, 0.5) is 8.78 Å². The summed E-state index contributed by atoms with van der Waals surface area (Å²) in [5.41, 5.74) is 1.81. The first-order chi connectivity index (χ1) is 18.3. The van der Waals surface area contributed by atoms with E-state index < -0.39 is 23.5 Å². The van der Waals surface area contributed by atoms with E-state index in [1.807, 2.05) is 0 Å². The number of benzene rings is 3. The molecule has 0 bridgehead atoms. The van der Waals surface area contributed by atoms with Crippen molar-refractivity contribution in [1.82, 2.24) is 4.98 Å². The summed E-state index contributed by atoms with van der Waals surface area (Å²) in [5.74, 6) is -2.14. The normalized spacial score (nSPS) is 14.3. The molecular formula is C29H20ClF2NO5. The van der Waals surface area contributed by atoms with Crippen LogP contribution in [0.15, 0.2) is 72.8 Å². The minimum absolute atomic E-state index is 0.0183. The van der Waals surface area contributed by atoms with Crippen LogP contribution >= 0.6 is 11.6 Å². The van der Waals surface area contributed by atoms with Gasteiger partial charge in [-0.3, -0.25) is 14.6 Å². The van der Waals surface area contributed by atoms with Crippen LogP contribution < -0.4 is 9.47 Å². The van der Waals surface area contributed by atoms with Crippen molar-refractivity contribution in [3.63, 3.8) is 0 Å². The first-order valence-corrected chi connectivity index (χ1v) is 12.1. The number of hydrogen-bond donors (Lipinski definition) is 1. The Balaban J connectivity index is 1.29. The van der Waals surface area contributed by atoms with E-state index in [9.17, 15) is 23.5 Å². The third kappa shape index (κ3) is 5.35. The second-order valence-electron chi connectivity index (χ2n) is 8.71. The van der Waals surface area contributed by atoms with Crippen molar-refractivity contribution >= 4 is 23.4 Å². The molecule has 6 nitrogen and oxygen atoms in total. The Bertz CT molecular complexity index is 1540. The fourth-order valence-electron chi connectivity index (χ4n) is 4.25. The Kier molecular flexibility index (Phi) is 7.07. The van der Waals surface area contributed by atoms with Gasteiger partial charge in [-0.25, -0.2) is 8.78 Å².